The highest BCUT2D eigenvalue weighted by Gasteiger charge is 2.42. The Bertz CT molecular complexity index is 547. The van der Waals surface area contributed by atoms with Crippen LogP contribution in [0.2, 0.25) is 0 Å². The molecule has 1 N–H and O–H groups in total. The van der Waals surface area contributed by atoms with E-state index in [9.17, 15) is 10.1 Å². The van der Waals surface area contributed by atoms with E-state index in [1.807, 2.05) is 6.07 Å². The molecule has 0 spiro atoms. The summed E-state index contributed by atoms with van der Waals surface area (Å²) in [5.41, 5.74) is 1.02. The Morgan fingerprint density at radius 2 is 2.30 bits per heavy atom. The number of methoxy groups -OCH3 is 1. The molecule has 0 radical (unpaired) electrons. The zero-order chi connectivity index (χ0) is 14.6. The van der Waals surface area contributed by atoms with Crippen LogP contribution in [-0.4, -0.2) is 25.2 Å². The van der Waals surface area contributed by atoms with Gasteiger partial charge in [-0.3, -0.25) is 10.1 Å². The first kappa shape index (κ1) is 14.3. The van der Waals surface area contributed by atoms with Gasteiger partial charge in [0.1, 0.15) is 5.69 Å². The van der Waals surface area contributed by atoms with Crippen molar-refractivity contribution < 1.29 is 9.66 Å². The number of rotatable bonds is 7. The zero-order valence-electron chi connectivity index (χ0n) is 11.4. The standard InChI is InChI=1S/C14H17N3O3/c1-20-7-6-14(4-5-14)10-16-12-8-11(9-15)2-3-13(12)17(18)19/h2-3,8,16H,4-7,10H2,1H3. The number of nitrogens with zero attached hydrogens (tertiary/aromatic N) is 2. The van der Waals surface area contributed by atoms with Crippen molar-refractivity contribution in [2.45, 2.75) is 19.3 Å². The third kappa shape index (κ3) is 3.25. The summed E-state index contributed by atoms with van der Waals surface area (Å²) in [5, 5.41) is 23.0. The molecule has 6 nitrogen and oxygen atoms in total. The highest BCUT2D eigenvalue weighted by molar-refractivity contribution is 5.64. The van der Waals surface area contributed by atoms with Crippen LogP contribution in [0.15, 0.2) is 18.2 Å². The van der Waals surface area contributed by atoms with Crippen LogP contribution in [0, 0.1) is 26.9 Å². The molecule has 0 heterocycles. The van der Waals surface area contributed by atoms with Gasteiger partial charge in [0.15, 0.2) is 0 Å². The van der Waals surface area contributed by atoms with Gasteiger partial charge in [-0.1, -0.05) is 0 Å². The van der Waals surface area contributed by atoms with E-state index >= 15 is 0 Å². The molecular weight excluding hydrogens is 258 g/mol. The second kappa shape index (κ2) is 5.88. The number of nitrogens with one attached hydrogen (secondary N) is 1. The van der Waals surface area contributed by atoms with Crippen LogP contribution in [0.5, 0.6) is 0 Å². The molecule has 20 heavy (non-hydrogen) atoms. The number of nitro groups is 1. The molecule has 0 amide bonds. The smallest absolute Gasteiger partial charge is 0.292 e. The van der Waals surface area contributed by atoms with Crippen molar-refractivity contribution in [3.63, 3.8) is 0 Å². The molecule has 2 rings (SSSR count). The van der Waals surface area contributed by atoms with Gasteiger partial charge < -0.3 is 10.1 Å². The molecule has 1 aromatic carbocycles. The van der Waals surface area contributed by atoms with Crippen molar-refractivity contribution >= 4 is 11.4 Å². The highest BCUT2D eigenvalue weighted by atomic mass is 16.6. The van der Waals surface area contributed by atoms with Gasteiger partial charge in [-0.25, -0.2) is 0 Å². The summed E-state index contributed by atoms with van der Waals surface area (Å²) >= 11 is 0. The van der Waals surface area contributed by atoms with E-state index in [0.29, 0.717) is 24.4 Å². The number of anilines is 1. The van der Waals surface area contributed by atoms with E-state index in [4.69, 9.17) is 10.00 Å². The molecule has 0 aliphatic heterocycles. The molecule has 0 bridgehead atoms. The van der Waals surface area contributed by atoms with E-state index in [0.717, 1.165) is 19.3 Å². The second-order valence-corrected chi connectivity index (χ2v) is 5.20. The average Bonchev–Trinajstić information content (AvgIpc) is 3.23. The third-order valence-corrected chi connectivity index (χ3v) is 3.77. The Kier molecular flexibility index (Phi) is 4.20. The monoisotopic (exact) mass is 275 g/mol. The Hall–Kier alpha value is -2.13. The number of hydrogen-bond acceptors (Lipinski definition) is 5. The van der Waals surface area contributed by atoms with Gasteiger partial charge in [0.2, 0.25) is 0 Å². The predicted octanol–water partition coefficient (Wildman–Crippen LogP) is 2.70. The van der Waals surface area contributed by atoms with E-state index in [2.05, 4.69) is 5.32 Å². The minimum absolute atomic E-state index is 0.00606. The summed E-state index contributed by atoms with van der Waals surface area (Å²) in [7, 11) is 1.67. The van der Waals surface area contributed by atoms with E-state index in [1.54, 1.807) is 7.11 Å². The largest absolute Gasteiger partial charge is 0.385 e. The maximum Gasteiger partial charge on any atom is 0.292 e. The van der Waals surface area contributed by atoms with Crippen LogP contribution in [0.3, 0.4) is 0 Å². The Labute approximate surface area is 117 Å². The van der Waals surface area contributed by atoms with Gasteiger partial charge >= 0.3 is 0 Å². The zero-order valence-corrected chi connectivity index (χ0v) is 11.4. The Morgan fingerprint density at radius 1 is 1.55 bits per heavy atom. The van der Waals surface area contributed by atoms with Crippen molar-refractivity contribution in [2.75, 3.05) is 25.6 Å². The summed E-state index contributed by atoms with van der Waals surface area (Å²) in [5.74, 6) is 0. The summed E-state index contributed by atoms with van der Waals surface area (Å²) in [6.45, 7) is 1.37. The van der Waals surface area contributed by atoms with Crippen molar-refractivity contribution in [2.24, 2.45) is 5.41 Å². The van der Waals surface area contributed by atoms with Gasteiger partial charge in [-0.2, -0.15) is 5.26 Å². The highest BCUT2D eigenvalue weighted by Crippen LogP contribution is 2.49. The average molecular weight is 275 g/mol. The van der Waals surface area contributed by atoms with Crippen LogP contribution in [0.4, 0.5) is 11.4 Å². The number of ether oxygens (including phenoxy) is 1. The van der Waals surface area contributed by atoms with Crippen molar-refractivity contribution in [1.82, 2.24) is 0 Å². The molecule has 1 aliphatic rings. The molecule has 1 fully saturated rings. The maximum atomic E-state index is 11.0. The van der Waals surface area contributed by atoms with Crippen molar-refractivity contribution in [3.05, 3.63) is 33.9 Å². The van der Waals surface area contributed by atoms with E-state index in [-0.39, 0.29) is 11.1 Å². The summed E-state index contributed by atoms with van der Waals surface area (Å²) in [6.07, 6.45) is 3.16. The number of benzene rings is 1. The molecule has 1 saturated carbocycles. The molecular formula is C14H17N3O3. The predicted molar refractivity (Wildman–Crippen MR) is 74.5 cm³/mol. The SMILES string of the molecule is COCCC1(CNc2cc(C#N)ccc2[N+](=O)[O-])CC1. The van der Waals surface area contributed by atoms with Gasteiger partial charge in [0.05, 0.1) is 16.6 Å². The lowest BCUT2D eigenvalue weighted by Crippen LogP contribution is -2.18. The summed E-state index contributed by atoms with van der Waals surface area (Å²) in [4.78, 5) is 10.6. The minimum atomic E-state index is -0.432. The molecule has 1 aromatic rings. The first-order valence-corrected chi connectivity index (χ1v) is 6.52. The fraction of sp³-hybridized carbons (Fsp3) is 0.500. The van der Waals surface area contributed by atoms with E-state index in [1.165, 1.54) is 18.2 Å². The Balaban J connectivity index is 2.08. The lowest BCUT2D eigenvalue weighted by atomic mass is 10.0. The fourth-order valence-corrected chi connectivity index (χ4v) is 2.20. The number of nitriles is 1. The molecule has 0 saturated heterocycles. The first-order chi connectivity index (χ1) is 9.60. The summed E-state index contributed by atoms with van der Waals surface area (Å²) in [6, 6.07) is 6.36. The van der Waals surface area contributed by atoms with Gasteiger partial charge in [-0.05, 0) is 36.8 Å². The van der Waals surface area contributed by atoms with Crippen LogP contribution in [0.1, 0.15) is 24.8 Å². The van der Waals surface area contributed by atoms with Crippen LogP contribution >= 0.6 is 0 Å². The van der Waals surface area contributed by atoms with Gasteiger partial charge in [0, 0.05) is 26.3 Å². The number of hydrogen-bond donors (Lipinski definition) is 1. The molecule has 6 heteroatoms. The first-order valence-electron chi connectivity index (χ1n) is 6.52. The normalized spacial score (nSPS) is 15.4. The van der Waals surface area contributed by atoms with Gasteiger partial charge in [0.25, 0.3) is 5.69 Å². The van der Waals surface area contributed by atoms with Crippen molar-refractivity contribution in [1.29, 1.82) is 5.26 Å². The summed E-state index contributed by atoms with van der Waals surface area (Å²) < 4.78 is 5.09. The lowest BCUT2D eigenvalue weighted by Gasteiger charge is -2.16. The third-order valence-electron chi connectivity index (χ3n) is 3.77. The fourth-order valence-electron chi connectivity index (χ4n) is 2.20. The lowest BCUT2D eigenvalue weighted by molar-refractivity contribution is -0.384. The van der Waals surface area contributed by atoms with E-state index < -0.39 is 4.92 Å². The molecule has 106 valence electrons. The molecule has 0 unspecified atom stereocenters. The maximum absolute atomic E-state index is 11.0. The molecule has 0 aromatic heterocycles. The number of nitro benzene ring substituents is 1. The second-order valence-electron chi connectivity index (χ2n) is 5.20. The van der Waals surface area contributed by atoms with Gasteiger partial charge in [-0.15, -0.1) is 0 Å². The Morgan fingerprint density at radius 3 is 2.85 bits per heavy atom. The van der Waals surface area contributed by atoms with Crippen molar-refractivity contribution in [3.8, 4) is 6.07 Å². The van der Waals surface area contributed by atoms with Crippen LogP contribution in [0.25, 0.3) is 0 Å². The van der Waals surface area contributed by atoms with Crippen LogP contribution in [-0.2, 0) is 4.74 Å². The minimum Gasteiger partial charge on any atom is -0.385 e. The molecule has 0 atom stereocenters. The quantitative estimate of drug-likeness (QED) is 0.610. The molecule has 1 aliphatic carbocycles. The topological polar surface area (TPSA) is 88.2 Å². The van der Waals surface area contributed by atoms with Crippen LogP contribution < -0.4 is 5.32 Å².